The first kappa shape index (κ1) is 10.1. The molecule has 0 aliphatic carbocycles. The molecule has 0 aromatic heterocycles. The Morgan fingerprint density at radius 1 is 1.38 bits per heavy atom. The first-order chi connectivity index (χ1) is 7.74. The van der Waals surface area contributed by atoms with Gasteiger partial charge in [-0.1, -0.05) is 0 Å². The van der Waals surface area contributed by atoms with Gasteiger partial charge in [0.25, 0.3) is 0 Å². The van der Waals surface area contributed by atoms with Crippen molar-refractivity contribution in [3.8, 4) is 0 Å². The number of nitrogens with two attached hydrogens (primary N) is 1. The number of hydrogen-bond acceptors (Lipinski definition) is 3. The highest BCUT2D eigenvalue weighted by atomic mass is 16.5. The number of benzene rings is 1. The van der Waals surface area contributed by atoms with E-state index in [4.69, 9.17) is 10.5 Å². The maximum atomic E-state index is 5.91. The fourth-order valence-corrected chi connectivity index (χ4v) is 2.72. The molecule has 2 N–H and O–H groups in total. The maximum Gasteiger partial charge on any atom is 0.0645 e. The van der Waals surface area contributed by atoms with E-state index in [-0.39, 0.29) is 0 Å². The summed E-state index contributed by atoms with van der Waals surface area (Å²) in [5, 5.41) is 0. The van der Waals surface area contributed by atoms with Crippen molar-refractivity contribution in [3.05, 3.63) is 28.8 Å². The first-order valence-corrected chi connectivity index (χ1v) is 5.93. The third-order valence-corrected chi connectivity index (χ3v) is 3.75. The van der Waals surface area contributed by atoms with Gasteiger partial charge >= 0.3 is 0 Å². The van der Waals surface area contributed by atoms with Gasteiger partial charge in [-0.15, -0.1) is 0 Å². The number of anilines is 1. The average molecular weight is 218 g/mol. The van der Waals surface area contributed by atoms with E-state index < -0.39 is 0 Å². The Bertz CT molecular complexity index is 413. The van der Waals surface area contributed by atoms with E-state index >= 15 is 0 Å². The summed E-state index contributed by atoms with van der Waals surface area (Å²) in [6.07, 6.45) is 1.15. The fraction of sp³-hybridized carbons (Fsp3) is 0.538. The molecule has 0 spiro atoms. The molecule has 0 radical (unpaired) electrons. The van der Waals surface area contributed by atoms with Crippen molar-refractivity contribution in [1.29, 1.82) is 0 Å². The second-order valence-electron chi connectivity index (χ2n) is 4.89. The minimum Gasteiger partial charge on any atom is -0.399 e. The molecule has 0 saturated carbocycles. The van der Waals surface area contributed by atoms with Gasteiger partial charge in [0.2, 0.25) is 0 Å². The summed E-state index contributed by atoms with van der Waals surface area (Å²) >= 11 is 0. The summed E-state index contributed by atoms with van der Waals surface area (Å²) < 4.78 is 5.26. The van der Waals surface area contributed by atoms with Crippen LogP contribution in [-0.2, 0) is 17.7 Å². The van der Waals surface area contributed by atoms with E-state index in [0.29, 0.717) is 6.04 Å². The normalized spacial score (nSPS) is 21.6. The quantitative estimate of drug-likeness (QED) is 0.723. The molecule has 86 valence electrons. The monoisotopic (exact) mass is 218 g/mol. The van der Waals surface area contributed by atoms with Gasteiger partial charge in [0.15, 0.2) is 0 Å². The summed E-state index contributed by atoms with van der Waals surface area (Å²) in [5.41, 5.74) is 11.1. The van der Waals surface area contributed by atoms with Gasteiger partial charge in [0.1, 0.15) is 0 Å². The standard InChI is InChI=1S/C13H18N2O/c1-9-4-11(14)5-10-6-15(3-2-13(9)10)12-7-16-8-12/h4-5,12H,2-3,6-8,14H2,1H3. The van der Waals surface area contributed by atoms with Gasteiger partial charge in [0.05, 0.1) is 19.3 Å². The van der Waals surface area contributed by atoms with Crippen molar-refractivity contribution >= 4 is 5.69 Å². The second-order valence-corrected chi connectivity index (χ2v) is 4.89. The average Bonchev–Trinajstić information content (AvgIpc) is 2.13. The number of hydrogen-bond donors (Lipinski definition) is 1. The van der Waals surface area contributed by atoms with Gasteiger partial charge in [-0.3, -0.25) is 4.90 Å². The van der Waals surface area contributed by atoms with Gasteiger partial charge < -0.3 is 10.5 Å². The molecular formula is C13H18N2O. The Hall–Kier alpha value is -1.06. The first-order valence-electron chi connectivity index (χ1n) is 5.93. The molecule has 1 aromatic rings. The lowest BCUT2D eigenvalue weighted by Crippen LogP contribution is -2.50. The van der Waals surface area contributed by atoms with Crippen molar-refractivity contribution in [2.45, 2.75) is 25.9 Å². The van der Waals surface area contributed by atoms with Crippen LogP contribution in [0, 0.1) is 6.92 Å². The van der Waals surface area contributed by atoms with Crippen LogP contribution in [0.15, 0.2) is 12.1 Å². The van der Waals surface area contributed by atoms with E-state index in [1.165, 1.54) is 16.7 Å². The van der Waals surface area contributed by atoms with Crippen LogP contribution in [0.25, 0.3) is 0 Å². The Balaban J connectivity index is 1.87. The van der Waals surface area contributed by atoms with Gasteiger partial charge in [-0.25, -0.2) is 0 Å². The van der Waals surface area contributed by atoms with Crippen molar-refractivity contribution in [1.82, 2.24) is 4.90 Å². The SMILES string of the molecule is Cc1cc(N)cc2c1CCN(C1COC1)C2. The number of nitrogen functional groups attached to an aromatic ring is 1. The lowest BCUT2D eigenvalue weighted by Gasteiger charge is -2.40. The van der Waals surface area contributed by atoms with Crippen LogP contribution < -0.4 is 5.73 Å². The Kier molecular flexibility index (Phi) is 2.37. The topological polar surface area (TPSA) is 38.5 Å². The fourth-order valence-electron chi connectivity index (χ4n) is 2.72. The summed E-state index contributed by atoms with van der Waals surface area (Å²) in [4.78, 5) is 2.52. The molecule has 3 nitrogen and oxygen atoms in total. The number of ether oxygens (including phenoxy) is 1. The molecule has 3 rings (SSSR count). The number of nitrogens with zero attached hydrogens (tertiary/aromatic N) is 1. The molecule has 2 aliphatic rings. The molecule has 16 heavy (non-hydrogen) atoms. The van der Waals surface area contributed by atoms with Crippen LogP contribution in [0.1, 0.15) is 16.7 Å². The van der Waals surface area contributed by atoms with E-state index in [1.807, 2.05) is 0 Å². The third kappa shape index (κ3) is 1.60. The predicted molar refractivity (Wildman–Crippen MR) is 64.3 cm³/mol. The molecule has 0 amide bonds. The van der Waals surface area contributed by atoms with E-state index in [9.17, 15) is 0 Å². The zero-order valence-corrected chi connectivity index (χ0v) is 9.70. The molecule has 1 fully saturated rings. The molecule has 0 bridgehead atoms. The summed E-state index contributed by atoms with van der Waals surface area (Å²) in [7, 11) is 0. The molecule has 1 aromatic carbocycles. The Morgan fingerprint density at radius 3 is 2.88 bits per heavy atom. The van der Waals surface area contributed by atoms with Crippen LogP contribution in [0.4, 0.5) is 5.69 Å². The minimum absolute atomic E-state index is 0.634. The number of aryl methyl sites for hydroxylation is 1. The highest BCUT2D eigenvalue weighted by Crippen LogP contribution is 2.27. The largest absolute Gasteiger partial charge is 0.399 e. The third-order valence-electron chi connectivity index (χ3n) is 3.75. The summed E-state index contributed by atoms with van der Waals surface area (Å²) in [6, 6.07) is 4.85. The molecule has 1 saturated heterocycles. The van der Waals surface area contributed by atoms with Crippen LogP contribution in [0.3, 0.4) is 0 Å². The van der Waals surface area contributed by atoms with Crippen LogP contribution in [-0.4, -0.2) is 30.7 Å². The van der Waals surface area contributed by atoms with Crippen LogP contribution >= 0.6 is 0 Å². The summed E-state index contributed by atoms with van der Waals surface area (Å²) in [6.45, 7) is 6.16. The lowest BCUT2D eigenvalue weighted by molar-refractivity contribution is -0.0695. The maximum absolute atomic E-state index is 5.91. The molecule has 2 aliphatic heterocycles. The van der Waals surface area contributed by atoms with Crippen molar-refractivity contribution in [2.24, 2.45) is 0 Å². The molecule has 3 heteroatoms. The number of rotatable bonds is 1. The zero-order valence-electron chi connectivity index (χ0n) is 9.70. The molecule has 0 atom stereocenters. The van der Waals surface area contributed by atoms with Crippen molar-refractivity contribution in [3.63, 3.8) is 0 Å². The Morgan fingerprint density at radius 2 is 2.19 bits per heavy atom. The second kappa shape index (κ2) is 3.75. The van der Waals surface area contributed by atoms with E-state index in [2.05, 4.69) is 24.0 Å². The smallest absolute Gasteiger partial charge is 0.0645 e. The van der Waals surface area contributed by atoms with Crippen molar-refractivity contribution in [2.75, 3.05) is 25.5 Å². The van der Waals surface area contributed by atoms with Gasteiger partial charge in [-0.2, -0.15) is 0 Å². The van der Waals surface area contributed by atoms with Crippen LogP contribution in [0.5, 0.6) is 0 Å². The molecule has 0 unspecified atom stereocenters. The highest BCUT2D eigenvalue weighted by molar-refractivity contribution is 5.50. The predicted octanol–water partition coefficient (Wildman–Crippen LogP) is 1.33. The van der Waals surface area contributed by atoms with Gasteiger partial charge in [0, 0.05) is 18.8 Å². The Labute approximate surface area is 96.2 Å². The zero-order chi connectivity index (χ0) is 11.1. The lowest BCUT2D eigenvalue weighted by atomic mass is 9.93. The van der Waals surface area contributed by atoms with Crippen molar-refractivity contribution < 1.29 is 4.74 Å². The van der Waals surface area contributed by atoms with Gasteiger partial charge in [-0.05, 0) is 42.2 Å². The van der Waals surface area contributed by atoms with Crippen LogP contribution in [0.2, 0.25) is 0 Å². The molecular weight excluding hydrogens is 200 g/mol. The van der Waals surface area contributed by atoms with E-state index in [0.717, 1.165) is 38.4 Å². The highest BCUT2D eigenvalue weighted by Gasteiger charge is 2.29. The minimum atomic E-state index is 0.634. The summed E-state index contributed by atoms with van der Waals surface area (Å²) in [5.74, 6) is 0. The molecule has 2 heterocycles. The number of fused-ring (bicyclic) bond motifs is 1. The van der Waals surface area contributed by atoms with E-state index in [1.54, 1.807) is 0 Å².